The van der Waals surface area contributed by atoms with Crippen molar-refractivity contribution in [2.24, 2.45) is 5.92 Å². The van der Waals surface area contributed by atoms with Gasteiger partial charge in [-0.15, -0.1) is 21.5 Å². The Hall–Kier alpha value is -4.22. The summed E-state index contributed by atoms with van der Waals surface area (Å²) >= 11 is 1.45. The van der Waals surface area contributed by atoms with Crippen LogP contribution in [0.3, 0.4) is 0 Å². The maximum atomic E-state index is 13.8. The maximum absolute atomic E-state index is 13.8. The molecule has 1 N–H and O–H groups in total. The zero-order valence-corrected chi connectivity index (χ0v) is 23.9. The molecule has 1 aliphatic carbocycles. The van der Waals surface area contributed by atoms with E-state index < -0.39 is 11.1 Å². The molecule has 1 saturated carbocycles. The number of hydrogen-bond donors (Lipinski definition) is 1. The summed E-state index contributed by atoms with van der Waals surface area (Å²) in [6, 6.07) is 11.5. The van der Waals surface area contributed by atoms with E-state index in [1.807, 2.05) is 23.6 Å². The number of ether oxygens (including phenoxy) is 2. The second kappa shape index (κ2) is 9.95. The number of thiazole rings is 1. The lowest BCUT2D eigenvalue weighted by Gasteiger charge is -2.30. The van der Waals surface area contributed by atoms with E-state index in [1.54, 1.807) is 43.5 Å². The van der Waals surface area contributed by atoms with E-state index in [-0.39, 0.29) is 30.4 Å². The summed E-state index contributed by atoms with van der Waals surface area (Å²) in [5.41, 5.74) is 3.43. The Morgan fingerprint density at radius 3 is 2.69 bits per heavy atom. The van der Waals surface area contributed by atoms with Gasteiger partial charge in [0.1, 0.15) is 53.2 Å². The summed E-state index contributed by atoms with van der Waals surface area (Å²) < 4.78 is 28.3. The molecule has 7 rings (SSSR count). The lowest BCUT2D eigenvalue weighted by Crippen LogP contribution is -2.34. The smallest absolute Gasteiger partial charge is 0.163 e. The number of methoxy groups -OCH3 is 1. The fraction of sp³-hybridized carbons (Fsp3) is 0.323. The SMILES string of the molecule is COc1cc(C(=O)CC[C@](O)(c2cc3c(c(-c4ccc(F)cc4)n2)OC[C@]3(C)n2cnnc2)C2CC2)cc2scnc12. The number of aliphatic hydroxyl groups is 1. The van der Waals surface area contributed by atoms with Gasteiger partial charge in [0.2, 0.25) is 0 Å². The molecule has 1 fully saturated rings. The van der Waals surface area contributed by atoms with Crippen LogP contribution in [-0.4, -0.2) is 49.3 Å². The Kier molecular flexibility index (Phi) is 6.32. The molecule has 0 amide bonds. The molecular formula is C31H28FN5O4S. The molecule has 11 heteroatoms. The molecule has 42 heavy (non-hydrogen) atoms. The highest BCUT2D eigenvalue weighted by molar-refractivity contribution is 7.16. The third-order valence-corrected chi connectivity index (χ3v) is 9.31. The maximum Gasteiger partial charge on any atom is 0.163 e. The van der Waals surface area contributed by atoms with Crippen molar-refractivity contribution < 1.29 is 23.8 Å². The molecule has 2 aromatic carbocycles. The van der Waals surface area contributed by atoms with E-state index in [0.717, 1.165) is 28.6 Å². The van der Waals surface area contributed by atoms with Crippen LogP contribution in [0.1, 0.15) is 54.2 Å². The number of carbonyl (C=O) groups excluding carboxylic acids is 1. The standard InChI is InChI=1S/C31H28FN5O4S/c1-30(37-15-34-35-16-37)14-41-29-22(30)13-26(36-27(29)18-3-7-21(32)8-4-18)31(39,20-5-6-20)10-9-23(38)19-11-24(40-2)28-25(12-19)42-17-33-28/h3-4,7-8,11-13,15-17,20,39H,5-6,9-10,14H2,1-2H3/t30-,31+/m0/s1. The molecule has 214 valence electrons. The molecule has 2 aliphatic rings. The zero-order chi connectivity index (χ0) is 29.1. The van der Waals surface area contributed by atoms with E-state index in [9.17, 15) is 14.3 Å². The van der Waals surface area contributed by atoms with E-state index in [0.29, 0.717) is 40.6 Å². The van der Waals surface area contributed by atoms with E-state index >= 15 is 0 Å². The number of carbonyl (C=O) groups is 1. The van der Waals surface area contributed by atoms with Gasteiger partial charge in [-0.05, 0) is 74.6 Å². The van der Waals surface area contributed by atoms with Crippen molar-refractivity contribution in [2.75, 3.05) is 13.7 Å². The Balaban J connectivity index is 1.29. The van der Waals surface area contributed by atoms with Crippen LogP contribution in [0.15, 0.2) is 60.6 Å². The second-order valence-corrected chi connectivity index (χ2v) is 12.1. The first-order chi connectivity index (χ1) is 20.3. The van der Waals surface area contributed by atoms with Crippen molar-refractivity contribution in [3.05, 3.63) is 83.3 Å². The number of halogens is 1. The predicted molar refractivity (Wildman–Crippen MR) is 154 cm³/mol. The normalized spacial score (nSPS) is 19.3. The summed E-state index contributed by atoms with van der Waals surface area (Å²) in [4.78, 5) is 22.8. The van der Waals surface area contributed by atoms with Crippen LogP contribution >= 0.6 is 11.3 Å². The summed E-state index contributed by atoms with van der Waals surface area (Å²) in [6.07, 6.45) is 5.24. The minimum absolute atomic E-state index is 0.0427. The molecule has 0 unspecified atom stereocenters. The number of pyridine rings is 1. The van der Waals surface area contributed by atoms with Gasteiger partial charge in [-0.3, -0.25) is 4.79 Å². The Labute approximate surface area is 245 Å². The lowest BCUT2D eigenvalue weighted by atomic mass is 9.83. The zero-order valence-electron chi connectivity index (χ0n) is 23.1. The molecule has 2 atom stereocenters. The third-order valence-electron chi connectivity index (χ3n) is 8.53. The van der Waals surface area contributed by atoms with Crippen LogP contribution in [0.25, 0.3) is 21.5 Å². The molecule has 1 aliphatic heterocycles. The average Bonchev–Trinajstić information content (AvgIpc) is 3.37. The van der Waals surface area contributed by atoms with E-state index in [4.69, 9.17) is 14.5 Å². The highest BCUT2D eigenvalue weighted by Crippen LogP contribution is 2.52. The van der Waals surface area contributed by atoms with Crippen LogP contribution in [0, 0.1) is 11.7 Å². The largest absolute Gasteiger partial charge is 0.494 e. The number of aromatic nitrogens is 5. The predicted octanol–water partition coefficient (Wildman–Crippen LogP) is 5.51. The van der Waals surface area contributed by atoms with Gasteiger partial charge in [-0.2, -0.15) is 0 Å². The molecule has 3 aromatic heterocycles. The average molecular weight is 586 g/mol. The van der Waals surface area contributed by atoms with Crippen molar-refractivity contribution in [2.45, 2.75) is 43.7 Å². The lowest BCUT2D eigenvalue weighted by molar-refractivity contribution is -0.00117. The number of nitrogens with zero attached hydrogens (tertiary/aromatic N) is 5. The second-order valence-electron chi connectivity index (χ2n) is 11.2. The molecule has 9 nitrogen and oxygen atoms in total. The molecule has 5 aromatic rings. The number of fused-ring (bicyclic) bond motifs is 2. The number of Topliss-reactive ketones (excluding diaryl/α,β-unsaturated/α-hetero) is 1. The first-order valence-electron chi connectivity index (χ1n) is 13.8. The van der Waals surface area contributed by atoms with Crippen molar-refractivity contribution in [3.63, 3.8) is 0 Å². The van der Waals surface area contributed by atoms with Crippen LogP contribution in [0.4, 0.5) is 4.39 Å². The van der Waals surface area contributed by atoms with Gasteiger partial charge >= 0.3 is 0 Å². The summed E-state index contributed by atoms with van der Waals surface area (Å²) in [7, 11) is 1.56. The molecular weight excluding hydrogens is 557 g/mol. The first-order valence-corrected chi connectivity index (χ1v) is 14.6. The van der Waals surface area contributed by atoms with Gasteiger partial charge < -0.3 is 19.1 Å². The minimum Gasteiger partial charge on any atom is -0.494 e. The minimum atomic E-state index is -1.35. The van der Waals surface area contributed by atoms with Gasteiger partial charge in [0.25, 0.3) is 0 Å². The van der Waals surface area contributed by atoms with Gasteiger partial charge in [0.05, 0.1) is 23.0 Å². The van der Waals surface area contributed by atoms with Crippen LogP contribution in [-0.2, 0) is 11.1 Å². The molecule has 0 bridgehead atoms. The fourth-order valence-electron chi connectivity index (χ4n) is 5.87. The Bertz CT molecular complexity index is 1800. The number of hydrogen-bond acceptors (Lipinski definition) is 9. The number of ketones is 1. The topological polar surface area (TPSA) is 112 Å². The molecule has 0 radical (unpaired) electrons. The summed E-state index contributed by atoms with van der Waals surface area (Å²) in [5.74, 6) is 0.620. The highest BCUT2D eigenvalue weighted by Gasteiger charge is 2.49. The number of benzene rings is 2. The molecule has 0 saturated heterocycles. The van der Waals surface area contributed by atoms with Crippen LogP contribution in [0.5, 0.6) is 11.5 Å². The van der Waals surface area contributed by atoms with Gasteiger partial charge in [0, 0.05) is 23.1 Å². The van der Waals surface area contributed by atoms with E-state index in [2.05, 4.69) is 15.2 Å². The monoisotopic (exact) mass is 585 g/mol. The summed E-state index contributed by atoms with van der Waals surface area (Å²) in [5, 5.41) is 20.3. The van der Waals surface area contributed by atoms with Crippen molar-refractivity contribution in [3.8, 4) is 22.8 Å². The number of rotatable bonds is 9. The van der Waals surface area contributed by atoms with Gasteiger partial charge in [-0.1, -0.05) is 0 Å². The van der Waals surface area contributed by atoms with E-state index in [1.165, 1.54) is 23.5 Å². The molecule has 4 heterocycles. The van der Waals surface area contributed by atoms with Crippen molar-refractivity contribution in [1.82, 2.24) is 24.7 Å². The van der Waals surface area contributed by atoms with Crippen LogP contribution < -0.4 is 9.47 Å². The third kappa shape index (κ3) is 4.35. The quantitative estimate of drug-likeness (QED) is 0.225. The first kappa shape index (κ1) is 26.7. The van der Waals surface area contributed by atoms with Crippen molar-refractivity contribution in [1.29, 1.82) is 0 Å². The van der Waals surface area contributed by atoms with Crippen molar-refractivity contribution >= 4 is 27.3 Å². The Morgan fingerprint density at radius 2 is 1.98 bits per heavy atom. The molecule has 0 spiro atoms. The van der Waals surface area contributed by atoms with Crippen LogP contribution in [0.2, 0.25) is 0 Å². The summed E-state index contributed by atoms with van der Waals surface area (Å²) in [6.45, 7) is 2.32. The van der Waals surface area contributed by atoms with Gasteiger partial charge in [-0.25, -0.2) is 14.4 Å². The fourth-order valence-corrected chi connectivity index (χ4v) is 6.60. The van der Waals surface area contributed by atoms with Gasteiger partial charge in [0.15, 0.2) is 11.5 Å². The highest BCUT2D eigenvalue weighted by atomic mass is 32.1. The Morgan fingerprint density at radius 1 is 1.21 bits per heavy atom.